The predicted molar refractivity (Wildman–Crippen MR) is 118 cm³/mol. The van der Waals surface area contributed by atoms with Crippen LogP contribution in [0.2, 0.25) is 0 Å². The van der Waals surface area contributed by atoms with Crippen LogP contribution in [0.15, 0.2) is 83.8 Å². The minimum Gasteiger partial charge on any atom is -0.497 e. The van der Waals surface area contributed by atoms with Crippen molar-refractivity contribution in [2.24, 2.45) is 0 Å². The van der Waals surface area contributed by atoms with Crippen molar-refractivity contribution in [3.8, 4) is 11.5 Å². The number of hydrogen-bond acceptors (Lipinski definition) is 5. The number of benzene rings is 3. The first-order valence-corrected chi connectivity index (χ1v) is 10.6. The number of carbonyl (C=O) groups is 1. The predicted octanol–water partition coefficient (Wildman–Crippen LogP) is 4.32. The number of aliphatic hydroxyl groups excluding tert-OH is 1. The standard InChI is InChI=1S/C24H23NO4S/c1-28-18-13-11-17(12-14-18)23-22(26)24(27)25(20-9-5-6-10-21(20)30-23)15-16-29-19-7-3-2-4-8-19/h2-14,22-23,26H,15-16H2,1H3/t22-,23+/m1/s1. The zero-order valence-electron chi connectivity index (χ0n) is 16.6. The highest BCUT2D eigenvalue weighted by molar-refractivity contribution is 7.99. The third kappa shape index (κ3) is 4.30. The van der Waals surface area contributed by atoms with Gasteiger partial charge in [-0.2, -0.15) is 0 Å². The fourth-order valence-electron chi connectivity index (χ4n) is 3.43. The molecule has 0 saturated carbocycles. The van der Waals surface area contributed by atoms with E-state index in [-0.39, 0.29) is 5.91 Å². The number of thioether (sulfide) groups is 1. The number of fused-ring (bicyclic) bond motifs is 1. The lowest BCUT2D eigenvalue weighted by atomic mass is 10.1. The highest BCUT2D eigenvalue weighted by Crippen LogP contribution is 2.45. The topological polar surface area (TPSA) is 59.0 Å². The van der Waals surface area contributed by atoms with E-state index < -0.39 is 11.4 Å². The minimum absolute atomic E-state index is 0.328. The van der Waals surface area contributed by atoms with Gasteiger partial charge in [-0.05, 0) is 42.0 Å². The first kappa shape index (κ1) is 20.3. The highest BCUT2D eigenvalue weighted by atomic mass is 32.2. The van der Waals surface area contributed by atoms with Crippen LogP contribution in [0.25, 0.3) is 0 Å². The van der Waals surface area contributed by atoms with Gasteiger partial charge in [0.25, 0.3) is 5.91 Å². The molecule has 0 spiro atoms. The molecule has 1 heterocycles. The molecule has 2 atom stereocenters. The number of hydrogen-bond donors (Lipinski definition) is 1. The summed E-state index contributed by atoms with van der Waals surface area (Å²) in [5, 5.41) is 10.6. The molecule has 30 heavy (non-hydrogen) atoms. The summed E-state index contributed by atoms with van der Waals surface area (Å²) in [6.07, 6.45) is -1.17. The smallest absolute Gasteiger partial charge is 0.257 e. The quantitative estimate of drug-likeness (QED) is 0.643. The van der Waals surface area contributed by atoms with Gasteiger partial charge in [0.15, 0.2) is 0 Å². The number of para-hydroxylation sites is 2. The van der Waals surface area contributed by atoms with Gasteiger partial charge in [0.2, 0.25) is 0 Å². The molecule has 3 aromatic rings. The molecule has 1 aliphatic rings. The Bertz CT molecular complexity index is 994. The molecule has 0 aliphatic carbocycles. The van der Waals surface area contributed by atoms with Crippen LogP contribution < -0.4 is 14.4 Å². The molecule has 0 aromatic heterocycles. The van der Waals surface area contributed by atoms with E-state index in [1.807, 2.05) is 78.9 Å². The van der Waals surface area contributed by atoms with Crippen molar-refractivity contribution in [1.82, 2.24) is 0 Å². The number of aliphatic hydroxyl groups is 1. The van der Waals surface area contributed by atoms with Crippen LogP contribution in [0.4, 0.5) is 5.69 Å². The average molecular weight is 422 g/mol. The zero-order chi connectivity index (χ0) is 20.9. The third-order valence-corrected chi connectivity index (χ3v) is 6.37. The van der Waals surface area contributed by atoms with Gasteiger partial charge in [-0.1, -0.05) is 42.5 Å². The van der Waals surface area contributed by atoms with Crippen LogP contribution in [-0.4, -0.2) is 37.4 Å². The molecule has 3 aromatic carbocycles. The molecule has 1 aliphatic heterocycles. The van der Waals surface area contributed by atoms with Crippen molar-refractivity contribution in [2.45, 2.75) is 16.2 Å². The summed E-state index contributed by atoms with van der Waals surface area (Å²) in [5.74, 6) is 1.15. The minimum atomic E-state index is -1.17. The third-order valence-electron chi connectivity index (χ3n) is 4.99. The zero-order valence-corrected chi connectivity index (χ0v) is 17.4. The second-order valence-electron chi connectivity index (χ2n) is 6.88. The lowest BCUT2D eigenvalue weighted by molar-refractivity contribution is -0.126. The van der Waals surface area contributed by atoms with Crippen molar-refractivity contribution >= 4 is 23.4 Å². The van der Waals surface area contributed by atoms with Gasteiger partial charge in [0, 0.05) is 4.90 Å². The number of ether oxygens (including phenoxy) is 2. The monoisotopic (exact) mass is 421 g/mol. The van der Waals surface area contributed by atoms with E-state index in [0.29, 0.717) is 13.2 Å². The molecule has 154 valence electrons. The summed E-state index contributed by atoms with van der Waals surface area (Å²) < 4.78 is 11.0. The highest BCUT2D eigenvalue weighted by Gasteiger charge is 2.37. The molecule has 0 bridgehead atoms. The lowest BCUT2D eigenvalue weighted by Gasteiger charge is -2.25. The van der Waals surface area contributed by atoms with Gasteiger partial charge < -0.3 is 19.5 Å². The van der Waals surface area contributed by atoms with E-state index in [2.05, 4.69) is 0 Å². The van der Waals surface area contributed by atoms with Crippen LogP contribution in [0, 0.1) is 0 Å². The Labute approximate surface area is 180 Å². The molecule has 0 saturated heterocycles. The molecular formula is C24H23NO4S. The van der Waals surface area contributed by atoms with E-state index in [1.54, 1.807) is 12.0 Å². The molecular weight excluding hydrogens is 398 g/mol. The maximum Gasteiger partial charge on any atom is 0.257 e. The van der Waals surface area contributed by atoms with E-state index in [4.69, 9.17) is 9.47 Å². The Kier molecular flexibility index (Phi) is 6.26. The Morgan fingerprint density at radius 3 is 2.37 bits per heavy atom. The molecule has 1 amide bonds. The number of methoxy groups -OCH3 is 1. The fraction of sp³-hybridized carbons (Fsp3) is 0.208. The Morgan fingerprint density at radius 1 is 0.933 bits per heavy atom. The van der Waals surface area contributed by atoms with Crippen molar-refractivity contribution in [3.05, 3.63) is 84.4 Å². The van der Waals surface area contributed by atoms with Crippen LogP contribution >= 0.6 is 11.8 Å². The average Bonchev–Trinajstić information content (AvgIpc) is 2.90. The van der Waals surface area contributed by atoms with Crippen molar-refractivity contribution in [2.75, 3.05) is 25.2 Å². The Morgan fingerprint density at radius 2 is 1.63 bits per heavy atom. The van der Waals surface area contributed by atoms with Crippen LogP contribution in [0.1, 0.15) is 10.8 Å². The van der Waals surface area contributed by atoms with Gasteiger partial charge in [-0.25, -0.2) is 0 Å². The normalized spacial score (nSPS) is 18.5. The summed E-state index contributed by atoms with van der Waals surface area (Å²) in [5.41, 5.74) is 1.66. The maximum absolute atomic E-state index is 13.2. The first-order valence-electron chi connectivity index (χ1n) is 9.74. The summed E-state index contributed by atoms with van der Waals surface area (Å²) in [6.45, 7) is 0.673. The Hall–Kier alpha value is -2.96. The largest absolute Gasteiger partial charge is 0.497 e. The van der Waals surface area contributed by atoms with E-state index in [0.717, 1.165) is 27.6 Å². The lowest BCUT2D eigenvalue weighted by Crippen LogP contribution is -2.42. The molecule has 1 N–H and O–H groups in total. The second kappa shape index (κ2) is 9.24. The van der Waals surface area contributed by atoms with E-state index >= 15 is 0 Å². The molecule has 0 unspecified atom stereocenters. The van der Waals surface area contributed by atoms with Gasteiger partial charge >= 0.3 is 0 Å². The van der Waals surface area contributed by atoms with Crippen molar-refractivity contribution in [3.63, 3.8) is 0 Å². The van der Waals surface area contributed by atoms with Crippen LogP contribution in [0.3, 0.4) is 0 Å². The van der Waals surface area contributed by atoms with Crippen molar-refractivity contribution in [1.29, 1.82) is 0 Å². The number of amides is 1. The fourth-order valence-corrected chi connectivity index (χ4v) is 4.70. The maximum atomic E-state index is 13.2. The van der Waals surface area contributed by atoms with Crippen LogP contribution in [0.5, 0.6) is 11.5 Å². The SMILES string of the molecule is COc1ccc([C@@H]2Sc3ccccc3N(CCOc3ccccc3)C(=O)[C@@H]2O)cc1. The van der Waals surface area contributed by atoms with Gasteiger partial charge in [0.1, 0.15) is 24.2 Å². The van der Waals surface area contributed by atoms with Gasteiger partial charge in [-0.3, -0.25) is 4.79 Å². The van der Waals surface area contributed by atoms with Crippen molar-refractivity contribution < 1.29 is 19.4 Å². The summed E-state index contributed by atoms with van der Waals surface area (Å²) in [6, 6.07) is 24.7. The second-order valence-corrected chi connectivity index (χ2v) is 8.06. The number of carbonyl (C=O) groups excluding carboxylic acids is 1. The van der Waals surface area contributed by atoms with Gasteiger partial charge in [0.05, 0.1) is 24.6 Å². The van der Waals surface area contributed by atoms with E-state index in [1.165, 1.54) is 11.8 Å². The summed E-state index contributed by atoms with van der Waals surface area (Å²) in [7, 11) is 1.61. The summed E-state index contributed by atoms with van der Waals surface area (Å²) in [4.78, 5) is 15.8. The number of rotatable bonds is 6. The van der Waals surface area contributed by atoms with Gasteiger partial charge in [-0.15, -0.1) is 11.8 Å². The van der Waals surface area contributed by atoms with Crippen LogP contribution in [-0.2, 0) is 4.79 Å². The molecule has 6 heteroatoms. The number of anilines is 1. The Balaban J connectivity index is 1.58. The number of nitrogens with zero attached hydrogens (tertiary/aromatic N) is 1. The first-order chi connectivity index (χ1) is 14.7. The molecule has 4 rings (SSSR count). The molecule has 0 fully saturated rings. The molecule has 5 nitrogen and oxygen atoms in total. The molecule has 0 radical (unpaired) electrons. The van der Waals surface area contributed by atoms with E-state index in [9.17, 15) is 9.90 Å². The summed E-state index contributed by atoms with van der Waals surface area (Å²) >= 11 is 1.50.